The fraction of sp³-hybridized carbons (Fsp3) is 0.484. The SMILES string of the molecule is Cc1ccc(-c2ccc3cc(O)ccc3c2CCCCCCCCC[S+]([O-])CCCCC(F)(F)F)cc1. The lowest BCUT2D eigenvalue weighted by Crippen LogP contribution is -2.13. The largest absolute Gasteiger partial charge is 0.616 e. The number of hydrogen-bond donors (Lipinski definition) is 1. The van der Waals surface area contributed by atoms with Crippen LogP contribution in [0.4, 0.5) is 13.2 Å². The van der Waals surface area contributed by atoms with Crippen LogP contribution in [0.5, 0.6) is 5.75 Å². The highest BCUT2D eigenvalue weighted by Gasteiger charge is 2.26. The summed E-state index contributed by atoms with van der Waals surface area (Å²) in [5, 5.41) is 12.2. The zero-order valence-electron chi connectivity index (χ0n) is 21.8. The number of phenols is 1. The predicted molar refractivity (Wildman–Crippen MR) is 150 cm³/mol. The predicted octanol–water partition coefficient (Wildman–Crippen LogP) is 9.28. The second-order valence-electron chi connectivity index (χ2n) is 10.0. The van der Waals surface area contributed by atoms with Crippen LogP contribution in [0, 0.1) is 6.92 Å². The number of aromatic hydroxyl groups is 1. The van der Waals surface area contributed by atoms with Crippen LogP contribution in [0.1, 0.15) is 75.3 Å². The number of hydrogen-bond acceptors (Lipinski definition) is 2. The number of aryl methyl sites for hydroxylation is 2. The van der Waals surface area contributed by atoms with Crippen molar-refractivity contribution in [2.45, 2.75) is 83.7 Å². The van der Waals surface area contributed by atoms with Gasteiger partial charge in [0.1, 0.15) is 17.3 Å². The quantitative estimate of drug-likeness (QED) is 0.157. The molecule has 0 heterocycles. The lowest BCUT2D eigenvalue weighted by molar-refractivity contribution is -0.135. The first-order chi connectivity index (χ1) is 17.7. The summed E-state index contributed by atoms with van der Waals surface area (Å²) in [5.41, 5.74) is 5.04. The molecule has 0 saturated heterocycles. The van der Waals surface area contributed by atoms with Crippen LogP contribution in [0.15, 0.2) is 54.6 Å². The molecule has 3 aromatic carbocycles. The van der Waals surface area contributed by atoms with Crippen molar-refractivity contribution in [2.75, 3.05) is 11.5 Å². The summed E-state index contributed by atoms with van der Waals surface area (Å²) in [5.74, 6) is 1.27. The Morgan fingerprint density at radius 3 is 2.05 bits per heavy atom. The molecule has 0 radical (unpaired) electrons. The van der Waals surface area contributed by atoms with E-state index in [9.17, 15) is 22.8 Å². The minimum Gasteiger partial charge on any atom is -0.616 e. The Hall–Kier alpha value is -2.18. The molecular weight excluding hydrogens is 493 g/mol. The van der Waals surface area contributed by atoms with Gasteiger partial charge in [-0.3, -0.25) is 0 Å². The minimum atomic E-state index is -4.11. The Morgan fingerprint density at radius 2 is 1.38 bits per heavy atom. The normalized spacial score (nSPS) is 12.8. The number of rotatable bonds is 15. The first-order valence-corrected chi connectivity index (χ1v) is 14.9. The van der Waals surface area contributed by atoms with Crippen molar-refractivity contribution in [3.63, 3.8) is 0 Å². The molecule has 3 aromatic rings. The maximum Gasteiger partial charge on any atom is 0.389 e. The Kier molecular flexibility index (Phi) is 11.7. The Bertz CT molecular complexity index is 1100. The maximum absolute atomic E-state index is 12.2. The molecule has 1 atom stereocenters. The second kappa shape index (κ2) is 14.7. The summed E-state index contributed by atoms with van der Waals surface area (Å²) < 4.78 is 48.4. The molecule has 0 aromatic heterocycles. The fourth-order valence-corrected chi connectivity index (χ4v) is 6.05. The molecule has 3 rings (SSSR count). The van der Waals surface area contributed by atoms with Crippen molar-refractivity contribution in [3.8, 4) is 16.9 Å². The molecule has 1 N–H and O–H groups in total. The van der Waals surface area contributed by atoms with Crippen LogP contribution < -0.4 is 0 Å². The standard InChI is InChI=1S/C31H39F3O2S/c1-24-12-14-25(15-13-24)28-18-16-26-23-27(35)17-19-29(26)30(28)11-7-5-3-2-4-6-9-21-37(36)22-10-8-20-31(32,33)34/h12-19,23,35H,2-11,20-22H2,1H3. The van der Waals surface area contributed by atoms with Gasteiger partial charge < -0.3 is 9.66 Å². The van der Waals surface area contributed by atoms with Gasteiger partial charge in [0.25, 0.3) is 0 Å². The smallest absolute Gasteiger partial charge is 0.389 e. The van der Waals surface area contributed by atoms with E-state index < -0.39 is 23.8 Å². The van der Waals surface area contributed by atoms with Crippen molar-refractivity contribution in [1.82, 2.24) is 0 Å². The van der Waals surface area contributed by atoms with Gasteiger partial charge in [-0.1, -0.05) is 84.9 Å². The third kappa shape index (κ3) is 10.2. The zero-order chi connectivity index (χ0) is 26.7. The molecule has 0 aliphatic rings. The van der Waals surface area contributed by atoms with E-state index >= 15 is 0 Å². The molecule has 202 valence electrons. The van der Waals surface area contributed by atoms with E-state index in [1.165, 1.54) is 27.6 Å². The van der Waals surface area contributed by atoms with E-state index in [4.69, 9.17) is 0 Å². The molecule has 0 aliphatic heterocycles. The maximum atomic E-state index is 12.2. The average molecular weight is 533 g/mol. The Labute approximate surface area is 222 Å². The van der Waals surface area contributed by atoms with E-state index in [2.05, 4.69) is 43.3 Å². The summed E-state index contributed by atoms with van der Waals surface area (Å²) in [6.45, 7) is 2.09. The molecule has 6 heteroatoms. The van der Waals surface area contributed by atoms with Gasteiger partial charge in [-0.15, -0.1) is 0 Å². The fourth-order valence-electron chi connectivity index (χ4n) is 4.79. The molecule has 0 bridgehead atoms. The molecule has 0 amide bonds. The number of alkyl halides is 3. The van der Waals surface area contributed by atoms with Crippen LogP contribution in [0.2, 0.25) is 0 Å². The molecular formula is C31H39F3O2S. The summed E-state index contributed by atoms with van der Waals surface area (Å²) in [6, 6.07) is 18.5. The van der Waals surface area contributed by atoms with E-state index in [1.54, 1.807) is 6.07 Å². The van der Waals surface area contributed by atoms with Gasteiger partial charge in [0.05, 0.1) is 0 Å². The third-order valence-corrected chi connectivity index (χ3v) is 8.35. The summed E-state index contributed by atoms with van der Waals surface area (Å²) >= 11 is -0.996. The molecule has 37 heavy (non-hydrogen) atoms. The first-order valence-electron chi connectivity index (χ1n) is 13.5. The van der Waals surface area contributed by atoms with E-state index in [0.717, 1.165) is 56.8 Å². The van der Waals surface area contributed by atoms with Gasteiger partial charge in [0.15, 0.2) is 0 Å². The van der Waals surface area contributed by atoms with E-state index in [0.29, 0.717) is 17.9 Å². The summed E-state index contributed by atoms with van der Waals surface area (Å²) in [6.07, 6.45) is 4.12. The molecule has 0 aliphatic carbocycles. The molecule has 1 unspecified atom stereocenters. The van der Waals surface area contributed by atoms with Gasteiger partial charge >= 0.3 is 6.18 Å². The lowest BCUT2D eigenvalue weighted by Gasteiger charge is -2.14. The number of unbranched alkanes of at least 4 members (excludes halogenated alkanes) is 7. The van der Waals surface area contributed by atoms with Gasteiger partial charge in [-0.25, -0.2) is 0 Å². The number of phenolic OH excluding ortho intramolecular Hbond substituents is 1. The van der Waals surface area contributed by atoms with Gasteiger partial charge in [0, 0.05) is 6.42 Å². The molecule has 0 fully saturated rings. The first kappa shape index (κ1) is 29.4. The van der Waals surface area contributed by atoms with Crippen molar-refractivity contribution < 1.29 is 22.8 Å². The monoisotopic (exact) mass is 532 g/mol. The molecule has 0 spiro atoms. The van der Waals surface area contributed by atoms with Crippen LogP contribution in [0.25, 0.3) is 21.9 Å². The number of benzene rings is 3. The van der Waals surface area contributed by atoms with Crippen molar-refractivity contribution in [1.29, 1.82) is 0 Å². The highest BCUT2D eigenvalue weighted by atomic mass is 32.2. The highest BCUT2D eigenvalue weighted by molar-refractivity contribution is 7.91. The van der Waals surface area contributed by atoms with Crippen molar-refractivity contribution >= 4 is 21.9 Å². The Balaban J connectivity index is 1.39. The topological polar surface area (TPSA) is 43.3 Å². The molecule has 0 saturated carbocycles. The van der Waals surface area contributed by atoms with Crippen molar-refractivity contribution in [2.24, 2.45) is 0 Å². The van der Waals surface area contributed by atoms with Crippen LogP contribution >= 0.6 is 0 Å². The van der Waals surface area contributed by atoms with Gasteiger partial charge in [-0.05, 0) is 85.0 Å². The van der Waals surface area contributed by atoms with Crippen LogP contribution in [0.3, 0.4) is 0 Å². The number of halogens is 3. The Morgan fingerprint density at radius 1 is 0.757 bits per heavy atom. The third-order valence-electron chi connectivity index (χ3n) is 6.86. The second-order valence-corrected chi connectivity index (χ2v) is 11.7. The van der Waals surface area contributed by atoms with Gasteiger partial charge in [0.2, 0.25) is 0 Å². The molecule has 2 nitrogen and oxygen atoms in total. The summed E-state index contributed by atoms with van der Waals surface area (Å²) in [7, 11) is 0. The van der Waals surface area contributed by atoms with Crippen LogP contribution in [-0.4, -0.2) is 27.3 Å². The minimum absolute atomic E-state index is 0.0724. The zero-order valence-corrected chi connectivity index (χ0v) is 22.6. The summed E-state index contributed by atoms with van der Waals surface area (Å²) in [4.78, 5) is 0. The van der Waals surface area contributed by atoms with Crippen molar-refractivity contribution in [3.05, 3.63) is 65.7 Å². The highest BCUT2D eigenvalue weighted by Crippen LogP contribution is 2.33. The van der Waals surface area contributed by atoms with Gasteiger partial charge in [-0.2, -0.15) is 13.2 Å². The van der Waals surface area contributed by atoms with E-state index in [1.807, 2.05) is 12.1 Å². The van der Waals surface area contributed by atoms with Crippen LogP contribution in [-0.2, 0) is 17.6 Å². The average Bonchev–Trinajstić information content (AvgIpc) is 2.85. The van der Waals surface area contributed by atoms with E-state index in [-0.39, 0.29) is 12.2 Å². The lowest BCUT2D eigenvalue weighted by atomic mass is 9.90. The number of fused-ring (bicyclic) bond motifs is 1.